The largest absolute Gasteiger partial charge is 0.497 e. The van der Waals surface area contributed by atoms with Gasteiger partial charge in [-0.25, -0.2) is 0 Å². The van der Waals surface area contributed by atoms with Gasteiger partial charge in [-0.15, -0.1) is 0 Å². The van der Waals surface area contributed by atoms with Crippen molar-refractivity contribution in [2.24, 2.45) is 5.73 Å². The normalized spacial score (nSPS) is 12.0. The van der Waals surface area contributed by atoms with Gasteiger partial charge < -0.3 is 19.0 Å². The summed E-state index contributed by atoms with van der Waals surface area (Å²) in [6.45, 7) is 3.46. The minimum absolute atomic E-state index is 0.737. The molecule has 98 valence electrons. The molecule has 0 unspecified atom stereocenters. The maximum atomic E-state index is 5.63. The molecule has 0 rings (SSSR count). The van der Waals surface area contributed by atoms with Crippen LogP contribution in [0.1, 0.15) is 38.5 Å². The standard InChI is InChI=1S/C11H27NO3Si/c1-13-16(3,14-2)15-11-9-7-5-4-6-8-10-12/h4-12H2,1-3H3. The molecule has 0 aromatic rings. The SMILES string of the molecule is CO[Si](C)(OC)OCCCCCCCCN. The molecule has 0 fully saturated rings. The van der Waals surface area contributed by atoms with E-state index in [9.17, 15) is 0 Å². The number of hydrogen-bond acceptors (Lipinski definition) is 4. The van der Waals surface area contributed by atoms with Crippen molar-refractivity contribution in [3.8, 4) is 0 Å². The number of hydrogen-bond donors (Lipinski definition) is 1. The average molecular weight is 249 g/mol. The van der Waals surface area contributed by atoms with E-state index in [1.54, 1.807) is 14.2 Å². The Morgan fingerprint density at radius 3 is 1.88 bits per heavy atom. The zero-order chi connectivity index (χ0) is 12.3. The zero-order valence-electron chi connectivity index (χ0n) is 11.0. The summed E-state index contributed by atoms with van der Waals surface area (Å²) < 4.78 is 16.1. The molecule has 0 bridgehead atoms. The summed E-state index contributed by atoms with van der Waals surface area (Å²) >= 11 is 0. The first kappa shape index (κ1) is 16.1. The summed E-state index contributed by atoms with van der Waals surface area (Å²) in [5.41, 5.74) is 5.43. The third kappa shape index (κ3) is 8.24. The van der Waals surface area contributed by atoms with Crippen LogP contribution in [0.25, 0.3) is 0 Å². The van der Waals surface area contributed by atoms with Crippen LogP contribution in [-0.2, 0) is 13.3 Å². The molecule has 0 aliphatic heterocycles. The molecular weight excluding hydrogens is 222 g/mol. The van der Waals surface area contributed by atoms with E-state index in [-0.39, 0.29) is 0 Å². The molecular formula is C11H27NO3Si. The van der Waals surface area contributed by atoms with Crippen molar-refractivity contribution in [2.45, 2.75) is 45.1 Å². The summed E-state index contributed by atoms with van der Waals surface area (Å²) in [5, 5.41) is 0. The van der Waals surface area contributed by atoms with Gasteiger partial charge in [0, 0.05) is 27.4 Å². The van der Waals surface area contributed by atoms with Gasteiger partial charge in [0.15, 0.2) is 0 Å². The topological polar surface area (TPSA) is 53.7 Å². The second-order valence-electron chi connectivity index (χ2n) is 4.03. The highest BCUT2D eigenvalue weighted by Gasteiger charge is 2.31. The molecule has 4 nitrogen and oxygen atoms in total. The van der Waals surface area contributed by atoms with Crippen LogP contribution < -0.4 is 5.73 Å². The van der Waals surface area contributed by atoms with Crippen LogP contribution in [0.3, 0.4) is 0 Å². The maximum Gasteiger partial charge on any atom is 0.497 e. The average Bonchev–Trinajstić information content (AvgIpc) is 2.32. The van der Waals surface area contributed by atoms with Crippen molar-refractivity contribution >= 4 is 8.80 Å². The summed E-state index contributed by atoms with van der Waals surface area (Å²) in [6.07, 6.45) is 7.23. The van der Waals surface area contributed by atoms with E-state index in [1.807, 2.05) is 6.55 Å². The lowest BCUT2D eigenvalue weighted by atomic mass is 10.1. The predicted molar refractivity (Wildman–Crippen MR) is 68.3 cm³/mol. The van der Waals surface area contributed by atoms with Crippen molar-refractivity contribution in [3.05, 3.63) is 0 Å². The second kappa shape index (κ2) is 10.2. The first-order valence-electron chi connectivity index (χ1n) is 6.13. The van der Waals surface area contributed by atoms with Crippen LogP contribution in [-0.4, -0.2) is 36.2 Å². The minimum Gasteiger partial charge on any atom is -0.377 e. The molecule has 0 aromatic carbocycles. The Labute approximate surface area is 101 Å². The molecule has 0 saturated heterocycles. The Morgan fingerprint density at radius 2 is 1.38 bits per heavy atom. The predicted octanol–water partition coefficient (Wildman–Crippen LogP) is 2.16. The molecule has 0 atom stereocenters. The molecule has 0 spiro atoms. The zero-order valence-corrected chi connectivity index (χ0v) is 12.0. The van der Waals surface area contributed by atoms with E-state index in [1.165, 1.54) is 25.7 Å². The number of rotatable bonds is 11. The Balaban J connectivity index is 3.26. The third-order valence-electron chi connectivity index (χ3n) is 2.70. The molecule has 16 heavy (non-hydrogen) atoms. The fourth-order valence-electron chi connectivity index (χ4n) is 1.41. The molecule has 0 aromatic heterocycles. The van der Waals surface area contributed by atoms with Crippen molar-refractivity contribution in [3.63, 3.8) is 0 Å². The quantitative estimate of drug-likeness (QED) is 0.450. The van der Waals surface area contributed by atoms with Crippen LogP contribution in [0.4, 0.5) is 0 Å². The Bertz CT molecular complexity index is 154. The fraction of sp³-hybridized carbons (Fsp3) is 1.00. The molecule has 2 N–H and O–H groups in total. The molecule has 0 aliphatic rings. The van der Waals surface area contributed by atoms with Gasteiger partial charge >= 0.3 is 8.80 Å². The summed E-state index contributed by atoms with van der Waals surface area (Å²) in [6, 6.07) is 0. The highest BCUT2D eigenvalue weighted by atomic mass is 28.4. The van der Waals surface area contributed by atoms with E-state index in [0.717, 1.165) is 26.0 Å². The molecule has 0 aliphatic carbocycles. The van der Waals surface area contributed by atoms with Gasteiger partial charge in [-0.3, -0.25) is 0 Å². The highest BCUT2D eigenvalue weighted by Crippen LogP contribution is 2.09. The van der Waals surface area contributed by atoms with Gasteiger partial charge in [0.2, 0.25) is 0 Å². The summed E-state index contributed by atoms with van der Waals surface area (Å²) in [7, 11) is 0.988. The van der Waals surface area contributed by atoms with Crippen molar-refractivity contribution in [2.75, 3.05) is 27.4 Å². The maximum absolute atomic E-state index is 5.63. The van der Waals surface area contributed by atoms with Gasteiger partial charge in [-0.05, 0) is 19.4 Å². The van der Waals surface area contributed by atoms with Crippen LogP contribution in [0, 0.1) is 0 Å². The van der Waals surface area contributed by atoms with E-state index >= 15 is 0 Å². The van der Waals surface area contributed by atoms with Gasteiger partial charge in [-0.1, -0.05) is 25.7 Å². The summed E-state index contributed by atoms with van der Waals surface area (Å²) in [4.78, 5) is 0. The first-order valence-corrected chi connectivity index (χ1v) is 8.35. The first-order chi connectivity index (χ1) is 7.68. The molecule has 0 radical (unpaired) electrons. The Morgan fingerprint density at radius 1 is 0.875 bits per heavy atom. The fourth-order valence-corrected chi connectivity index (χ4v) is 2.33. The lowest BCUT2D eigenvalue weighted by Crippen LogP contribution is -2.40. The Hall–Kier alpha value is 0.0569. The van der Waals surface area contributed by atoms with E-state index in [4.69, 9.17) is 19.0 Å². The van der Waals surface area contributed by atoms with Crippen molar-refractivity contribution < 1.29 is 13.3 Å². The molecule has 0 amide bonds. The molecule has 0 heterocycles. The van der Waals surface area contributed by atoms with Crippen LogP contribution in [0.2, 0.25) is 6.55 Å². The van der Waals surface area contributed by atoms with Gasteiger partial charge in [0.25, 0.3) is 0 Å². The molecule has 5 heteroatoms. The monoisotopic (exact) mass is 249 g/mol. The summed E-state index contributed by atoms with van der Waals surface area (Å²) in [5.74, 6) is 0. The van der Waals surface area contributed by atoms with Crippen LogP contribution in [0.15, 0.2) is 0 Å². The lowest BCUT2D eigenvalue weighted by molar-refractivity contribution is 0.104. The van der Waals surface area contributed by atoms with E-state index in [2.05, 4.69) is 0 Å². The molecule has 0 saturated carbocycles. The number of nitrogens with two attached hydrogens (primary N) is 1. The van der Waals surface area contributed by atoms with Crippen LogP contribution >= 0.6 is 0 Å². The van der Waals surface area contributed by atoms with Gasteiger partial charge in [-0.2, -0.15) is 0 Å². The van der Waals surface area contributed by atoms with Crippen LogP contribution in [0.5, 0.6) is 0 Å². The van der Waals surface area contributed by atoms with E-state index in [0.29, 0.717) is 0 Å². The highest BCUT2D eigenvalue weighted by molar-refractivity contribution is 6.59. The second-order valence-corrected chi connectivity index (χ2v) is 6.86. The van der Waals surface area contributed by atoms with E-state index < -0.39 is 8.80 Å². The van der Waals surface area contributed by atoms with Gasteiger partial charge in [0.05, 0.1) is 0 Å². The Kier molecular flexibility index (Phi) is 10.3. The smallest absolute Gasteiger partial charge is 0.377 e. The minimum atomic E-state index is -2.30. The number of unbranched alkanes of at least 4 members (excludes halogenated alkanes) is 5. The van der Waals surface area contributed by atoms with Gasteiger partial charge in [0.1, 0.15) is 0 Å². The third-order valence-corrected chi connectivity index (χ3v) is 4.92. The lowest BCUT2D eigenvalue weighted by Gasteiger charge is -2.21. The van der Waals surface area contributed by atoms with Crippen molar-refractivity contribution in [1.82, 2.24) is 0 Å². The van der Waals surface area contributed by atoms with Crippen molar-refractivity contribution in [1.29, 1.82) is 0 Å².